The summed E-state index contributed by atoms with van der Waals surface area (Å²) in [7, 11) is 0. The first kappa shape index (κ1) is 18.9. The summed E-state index contributed by atoms with van der Waals surface area (Å²) >= 11 is 0. The van der Waals surface area contributed by atoms with Gasteiger partial charge in [-0.3, -0.25) is 9.59 Å². The van der Waals surface area contributed by atoms with Crippen LogP contribution in [-0.2, 0) is 4.79 Å². The maximum atomic E-state index is 12.5. The Morgan fingerprint density at radius 3 is 2.44 bits per heavy atom. The number of pyridine rings is 1. The SMILES string of the molecule is CCNC(=O)c1ccc(NC(=O)C2CCC(Oc3ccccn3)CC2)cc1. The molecule has 2 N–H and O–H groups in total. The van der Waals surface area contributed by atoms with Crippen molar-refractivity contribution < 1.29 is 14.3 Å². The molecule has 6 nitrogen and oxygen atoms in total. The number of carbonyl (C=O) groups is 2. The average molecular weight is 367 g/mol. The predicted octanol–water partition coefficient (Wildman–Crippen LogP) is 3.41. The number of rotatable bonds is 6. The molecule has 0 spiro atoms. The largest absolute Gasteiger partial charge is 0.474 e. The van der Waals surface area contributed by atoms with Gasteiger partial charge in [0, 0.05) is 36.0 Å². The second-order valence-corrected chi connectivity index (χ2v) is 6.69. The Morgan fingerprint density at radius 1 is 1.07 bits per heavy atom. The van der Waals surface area contributed by atoms with Crippen LogP contribution in [0.1, 0.15) is 43.0 Å². The number of benzene rings is 1. The van der Waals surface area contributed by atoms with Crippen molar-refractivity contribution in [1.82, 2.24) is 10.3 Å². The zero-order valence-corrected chi connectivity index (χ0v) is 15.5. The first-order valence-electron chi connectivity index (χ1n) is 9.42. The van der Waals surface area contributed by atoms with Crippen molar-refractivity contribution in [3.63, 3.8) is 0 Å². The van der Waals surface area contributed by atoms with Gasteiger partial charge >= 0.3 is 0 Å². The van der Waals surface area contributed by atoms with Crippen LogP contribution in [0.4, 0.5) is 5.69 Å². The van der Waals surface area contributed by atoms with Crippen molar-refractivity contribution >= 4 is 17.5 Å². The third-order valence-corrected chi connectivity index (χ3v) is 4.72. The molecule has 0 radical (unpaired) electrons. The lowest BCUT2D eigenvalue weighted by molar-refractivity contribution is -0.121. The molecule has 142 valence electrons. The summed E-state index contributed by atoms with van der Waals surface area (Å²) in [6.07, 6.45) is 5.09. The highest BCUT2D eigenvalue weighted by Crippen LogP contribution is 2.28. The van der Waals surface area contributed by atoms with Gasteiger partial charge in [-0.25, -0.2) is 4.98 Å². The molecule has 1 aliphatic rings. The van der Waals surface area contributed by atoms with Gasteiger partial charge in [0.05, 0.1) is 0 Å². The lowest BCUT2D eigenvalue weighted by atomic mass is 9.86. The summed E-state index contributed by atoms with van der Waals surface area (Å²) in [5.74, 6) is 0.535. The molecule has 1 saturated carbocycles. The van der Waals surface area contributed by atoms with Crippen LogP contribution in [0.25, 0.3) is 0 Å². The Labute approximate surface area is 159 Å². The number of nitrogens with one attached hydrogen (secondary N) is 2. The topological polar surface area (TPSA) is 80.3 Å². The summed E-state index contributed by atoms with van der Waals surface area (Å²) in [6.45, 7) is 2.46. The predicted molar refractivity (Wildman–Crippen MR) is 104 cm³/mol. The van der Waals surface area contributed by atoms with Crippen molar-refractivity contribution in [2.45, 2.75) is 38.7 Å². The van der Waals surface area contributed by atoms with Crippen molar-refractivity contribution in [2.75, 3.05) is 11.9 Å². The molecule has 6 heteroatoms. The van der Waals surface area contributed by atoms with Gasteiger partial charge in [0.15, 0.2) is 0 Å². The fraction of sp³-hybridized carbons (Fsp3) is 0.381. The number of nitrogens with zero attached hydrogens (tertiary/aromatic N) is 1. The number of amides is 2. The summed E-state index contributed by atoms with van der Waals surface area (Å²) in [6, 6.07) is 12.6. The summed E-state index contributed by atoms with van der Waals surface area (Å²) in [4.78, 5) is 28.5. The van der Waals surface area contributed by atoms with Crippen LogP contribution in [0, 0.1) is 5.92 Å². The molecule has 1 aliphatic carbocycles. The van der Waals surface area contributed by atoms with Gasteiger partial charge in [-0.05, 0) is 62.9 Å². The Kier molecular flexibility index (Phi) is 6.41. The Bertz CT molecular complexity index is 754. The van der Waals surface area contributed by atoms with E-state index in [0.29, 0.717) is 23.7 Å². The number of anilines is 1. The van der Waals surface area contributed by atoms with E-state index in [1.165, 1.54) is 0 Å². The maximum Gasteiger partial charge on any atom is 0.251 e. The standard InChI is InChI=1S/C21H25N3O3/c1-2-22-20(25)15-6-10-17(11-7-15)24-21(26)16-8-12-18(13-9-16)27-19-5-3-4-14-23-19/h3-7,10-11,14,16,18H,2,8-9,12-13H2,1H3,(H,22,25)(H,24,26). The van der Waals surface area contributed by atoms with Crippen LogP contribution in [-0.4, -0.2) is 29.4 Å². The van der Waals surface area contributed by atoms with E-state index in [2.05, 4.69) is 15.6 Å². The zero-order valence-electron chi connectivity index (χ0n) is 15.5. The van der Waals surface area contributed by atoms with Crippen molar-refractivity contribution in [1.29, 1.82) is 0 Å². The molecule has 0 aliphatic heterocycles. The first-order valence-corrected chi connectivity index (χ1v) is 9.42. The second kappa shape index (κ2) is 9.16. The number of hydrogen-bond acceptors (Lipinski definition) is 4. The number of aromatic nitrogens is 1. The molecule has 1 heterocycles. The van der Waals surface area contributed by atoms with E-state index >= 15 is 0 Å². The highest BCUT2D eigenvalue weighted by molar-refractivity contribution is 5.96. The van der Waals surface area contributed by atoms with E-state index in [9.17, 15) is 9.59 Å². The van der Waals surface area contributed by atoms with Crippen LogP contribution in [0.2, 0.25) is 0 Å². The fourth-order valence-electron chi connectivity index (χ4n) is 3.24. The molecule has 3 rings (SSSR count). The zero-order chi connectivity index (χ0) is 19.1. The van der Waals surface area contributed by atoms with Gasteiger partial charge in [0.25, 0.3) is 5.91 Å². The average Bonchev–Trinajstić information content (AvgIpc) is 2.70. The maximum absolute atomic E-state index is 12.5. The van der Waals surface area contributed by atoms with Gasteiger partial charge in [-0.1, -0.05) is 6.07 Å². The minimum absolute atomic E-state index is 0.0170. The Balaban J connectivity index is 1.47. The van der Waals surface area contributed by atoms with E-state index in [1.54, 1.807) is 30.5 Å². The molecule has 1 fully saturated rings. The van der Waals surface area contributed by atoms with Crippen molar-refractivity contribution in [3.05, 3.63) is 54.2 Å². The lowest BCUT2D eigenvalue weighted by Crippen LogP contribution is -2.31. The second-order valence-electron chi connectivity index (χ2n) is 6.69. The number of carbonyl (C=O) groups excluding carboxylic acids is 2. The number of hydrogen-bond donors (Lipinski definition) is 2. The van der Waals surface area contributed by atoms with Crippen LogP contribution in [0.15, 0.2) is 48.7 Å². The third-order valence-electron chi connectivity index (χ3n) is 4.72. The number of ether oxygens (including phenoxy) is 1. The Hall–Kier alpha value is -2.89. The quantitative estimate of drug-likeness (QED) is 0.820. The molecule has 0 bridgehead atoms. The third kappa shape index (κ3) is 5.29. The lowest BCUT2D eigenvalue weighted by Gasteiger charge is -2.27. The highest BCUT2D eigenvalue weighted by Gasteiger charge is 2.27. The molecule has 27 heavy (non-hydrogen) atoms. The molecule has 2 amide bonds. The molecular weight excluding hydrogens is 342 g/mol. The fourth-order valence-corrected chi connectivity index (χ4v) is 3.24. The minimum Gasteiger partial charge on any atom is -0.474 e. The molecule has 1 aromatic heterocycles. The van der Waals surface area contributed by atoms with E-state index < -0.39 is 0 Å². The van der Waals surface area contributed by atoms with Gasteiger partial charge in [-0.2, -0.15) is 0 Å². The van der Waals surface area contributed by atoms with Gasteiger partial charge < -0.3 is 15.4 Å². The molecular formula is C21H25N3O3. The van der Waals surface area contributed by atoms with Gasteiger partial charge in [0.2, 0.25) is 11.8 Å². The van der Waals surface area contributed by atoms with Gasteiger partial charge in [-0.15, -0.1) is 0 Å². The van der Waals surface area contributed by atoms with E-state index in [-0.39, 0.29) is 23.8 Å². The van der Waals surface area contributed by atoms with Gasteiger partial charge in [0.1, 0.15) is 6.10 Å². The van der Waals surface area contributed by atoms with Crippen molar-refractivity contribution in [2.24, 2.45) is 5.92 Å². The van der Waals surface area contributed by atoms with E-state index in [0.717, 1.165) is 25.7 Å². The normalized spacial score (nSPS) is 19.1. The molecule has 1 aromatic carbocycles. The summed E-state index contributed by atoms with van der Waals surface area (Å²) in [5, 5.41) is 5.70. The smallest absolute Gasteiger partial charge is 0.251 e. The molecule has 0 atom stereocenters. The van der Waals surface area contributed by atoms with E-state index in [1.807, 2.05) is 25.1 Å². The van der Waals surface area contributed by atoms with Crippen LogP contribution in [0.3, 0.4) is 0 Å². The molecule has 2 aromatic rings. The summed E-state index contributed by atoms with van der Waals surface area (Å²) < 4.78 is 5.88. The minimum atomic E-state index is -0.110. The van der Waals surface area contributed by atoms with Crippen LogP contribution in [0.5, 0.6) is 5.88 Å². The monoisotopic (exact) mass is 367 g/mol. The van der Waals surface area contributed by atoms with Crippen LogP contribution >= 0.6 is 0 Å². The molecule has 0 saturated heterocycles. The first-order chi connectivity index (χ1) is 13.2. The highest BCUT2D eigenvalue weighted by atomic mass is 16.5. The van der Waals surface area contributed by atoms with E-state index in [4.69, 9.17) is 4.74 Å². The molecule has 0 unspecified atom stereocenters. The van der Waals surface area contributed by atoms with Crippen LogP contribution < -0.4 is 15.4 Å². The Morgan fingerprint density at radius 2 is 1.81 bits per heavy atom. The summed E-state index contributed by atoms with van der Waals surface area (Å²) in [5.41, 5.74) is 1.29. The van der Waals surface area contributed by atoms with Crippen molar-refractivity contribution in [3.8, 4) is 5.88 Å².